The van der Waals surface area contributed by atoms with Gasteiger partial charge in [-0.3, -0.25) is 9.09 Å². The van der Waals surface area contributed by atoms with Gasteiger partial charge in [-0.15, -0.1) is 11.3 Å². The van der Waals surface area contributed by atoms with Crippen LogP contribution in [0.15, 0.2) is 39.1 Å². The molecule has 0 radical (unpaired) electrons. The number of thiazole rings is 1. The van der Waals surface area contributed by atoms with Crippen LogP contribution in [0, 0.1) is 12.7 Å². The number of hydrogen-bond acceptors (Lipinski definition) is 5. The summed E-state index contributed by atoms with van der Waals surface area (Å²) >= 11 is 1.51. The van der Waals surface area contributed by atoms with Crippen LogP contribution in [0.2, 0.25) is 0 Å². The highest BCUT2D eigenvalue weighted by Gasteiger charge is 2.14. The van der Waals surface area contributed by atoms with E-state index < -0.39 is 5.76 Å². The van der Waals surface area contributed by atoms with Crippen molar-refractivity contribution in [3.63, 3.8) is 0 Å². The van der Waals surface area contributed by atoms with Gasteiger partial charge in [0.05, 0.1) is 17.7 Å². The van der Waals surface area contributed by atoms with E-state index in [4.69, 9.17) is 4.52 Å². The first-order valence-electron chi connectivity index (χ1n) is 6.32. The Balaban J connectivity index is 1.88. The molecule has 7 heteroatoms. The average Bonchev–Trinajstić information content (AvgIpc) is 3.02. The zero-order valence-corrected chi connectivity index (χ0v) is 12.1. The van der Waals surface area contributed by atoms with Gasteiger partial charge in [0.2, 0.25) is 0 Å². The van der Waals surface area contributed by atoms with E-state index in [1.54, 1.807) is 17.6 Å². The molecular weight excluding hydrogens is 293 g/mol. The normalized spacial score (nSPS) is 11.0. The van der Waals surface area contributed by atoms with Crippen molar-refractivity contribution in [3.8, 4) is 0 Å². The van der Waals surface area contributed by atoms with Gasteiger partial charge in [0, 0.05) is 11.3 Å². The molecule has 0 spiro atoms. The SMILES string of the molecule is Cc1ncsc1Cc1noc(=O)n1Cc1ccc(F)cc1. The van der Waals surface area contributed by atoms with E-state index in [0.29, 0.717) is 18.8 Å². The lowest BCUT2D eigenvalue weighted by molar-refractivity contribution is 0.375. The monoisotopic (exact) mass is 305 g/mol. The van der Waals surface area contributed by atoms with E-state index in [1.165, 1.54) is 28.0 Å². The van der Waals surface area contributed by atoms with E-state index >= 15 is 0 Å². The standard InChI is InChI=1S/C14H12FN3O2S/c1-9-12(21-8-16-9)6-13-17-20-14(19)18(13)7-10-2-4-11(15)5-3-10/h2-5,8H,6-7H2,1H3. The molecule has 2 heterocycles. The molecule has 3 rings (SSSR count). The highest BCUT2D eigenvalue weighted by Crippen LogP contribution is 2.16. The fourth-order valence-electron chi connectivity index (χ4n) is 1.99. The summed E-state index contributed by atoms with van der Waals surface area (Å²) in [6.07, 6.45) is 0.490. The molecule has 3 aromatic rings. The molecule has 0 amide bonds. The molecule has 0 N–H and O–H groups in total. The first-order valence-corrected chi connectivity index (χ1v) is 7.20. The van der Waals surface area contributed by atoms with Gasteiger partial charge < -0.3 is 0 Å². The van der Waals surface area contributed by atoms with E-state index in [1.807, 2.05) is 6.92 Å². The van der Waals surface area contributed by atoms with Crippen molar-refractivity contribution in [1.29, 1.82) is 0 Å². The smallest absolute Gasteiger partial charge is 0.296 e. The van der Waals surface area contributed by atoms with Gasteiger partial charge >= 0.3 is 5.76 Å². The lowest BCUT2D eigenvalue weighted by Crippen LogP contribution is -2.18. The minimum Gasteiger partial charge on any atom is -0.296 e. The largest absolute Gasteiger partial charge is 0.441 e. The van der Waals surface area contributed by atoms with Crippen molar-refractivity contribution in [2.24, 2.45) is 0 Å². The fraction of sp³-hybridized carbons (Fsp3) is 0.214. The number of benzene rings is 1. The van der Waals surface area contributed by atoms with Gasteiger partial charge in [0.15, 0.2) is 5.82 Å². The maximum Gasteiger partial charge on any atom is 0.441 e. The van der Waals surface area contributed by atoms with Gasteiger partial charge in [-0.05, 0) is 24.6 Å². The molecule has 0 saturated heterocycles. The topological polar surface area (TPSA) is 60.9 Å². The quantitative estimate of drug-likeness (QED) is 0.742. The summed E-state index contributed by atoms with van der Waals surface area (Å²) < 4.78 is 19.1. The lowest BCUT2D eigenvalue weighted by Gasteiger charge is -2.04. The molecule has 0 saturated carbocycles. The Bertz CT molecular complexity index is 804. The minimum absolute atomic E-state index is 0.301. The molecule has 0 aliphatic carbocycles. The van der Waals surface area contributed by atoms with Crippen molar-refractivity contribution in [2.75, 3.05) is 0 Å². The molecule has 5 nitrogen and oxygen atoms in total. The van der Waals surface area contributed by atoms with Gasteiger partial charge in [-0.1, -0.05) is 17.3 Å². The summed E-state index contributed by atoms with van der Waals surface area (Å²) in [7, 11) is 0. The second-order valence-corrected chi connectivity index (χ2v) is 5.55. The minimum atomic E-state index is -0.517. The number of hydrogen-bond donors (Lipinski definition) is 0. The highest BCUT2D eigenvalue weighted by molar-refractivity contribution is 7.09. The Morgan fingerprint density at radius 2 is 2.10 bits per heavy atom. The van der Waals surface area contributed by atoms with E-state index in [9.17, 15) is 9.18 Å². The second-order valence-electron chi connectivity index (χ2n) is 4.62. The zero-order valence-electron chi connectivity index (χ0n) is 11.2. The first kappa shape index (κ1) is 13.7. The van der Waals surface area contributed by atoms with E-state index in [-0.39, 0.29) is 5.82 Å². The molecule has 2 aromatic heterocycles. The number of halogens is 1. The van der Waals surface area contributed by atoms with Crippen molar-refractivity contribution in [1.82, 2.24) is 14.7 Å². The predicted octanol–water partition coefficient (Wildman–Crippen LogP) is 2.38. The molecule has 0 bridgehead atoms. The molecule has 0 unspecified atom stereocenters. The van der Waals surface area contributed by atoms with Gasteiger partial charge in [-0.2, -0.15) is 0 Å². The Kier molecular flexibility index (Phi) is 3.66. The van der Waals surface area contributed by atoms with Gasteiger partial charge in [-0.25, -0.2) is 14.2 Å². The van der Waals surface area contributed by atoms with Gasteiger partial charge in [0.25, 0.3) is 0 Å². The summed E-state index contributed by atoms with van der Waals surface area (Å²) in [6, 6.07) is 5.99. The summed E-state index contributed by atoms with van der Waals surface area (Å²) in [4.78, 5) is 17.0. The maximum absolute atomic E-state index is 12.9. The van der Waals surface area contributed by atoms with Crippen LogP contribution >= 0.6 is 11.3 Å². The second kappa shape index (κ2) is 5.61. The molecule has 108 valence electrons. The molecule has 21 heavy (non-hydrogen) atoms. The molecule has 0 atom stereocenters. The number of nitrogens with zero attached hydrogens (tertiary/aromatic N) is 3. The van der Waals surface area contributed by atoms with Crippen molar-refractivity contribution < 1.29 is 8.91 Å². The van der Waals surface area contributed by atoms with Crippen molar-refractivity contribution in [3.05, 3.63) is 68.1 Å². The zero-order chi connectivity index (χ0) is 14.8. The average molecular weight is 305 g/mol. The van der Waals surface area contributed by atoms with Crippen LogP contribution < -0.4 is 5.76 Å². The third-order valence-corrected chi connectivity index (χ3v) is 4.11. The Morgan fingerprint density at radius 1 is 1.33 bits per heavy atom. The molecule has 0 aliphatic rings. The summed E-state index contributed by atoms with van der Waals surface area (Å²) in [5.74, 6) is -0.287. The van der Waals surface area contributed by atoms with E-state index in [0.717, 1.165) is 16.1 Å². The van der Waals surface area contributed by atoms with Crippen LogP contribution in [0.5, 0.6) is 0 Å². The summed E-state index contributed by atoms with van der Waals surface area (Å²) in [5.41, 5.74) is 3.49. The van der Waals surface area contributed by atoms with Crippen molar-refractivity contribution in [2.45, 2.75) is 19.9 Å². The summed E-state index contributed by atoms with van der Waals surface area (Å²) in [6.45, 7) is 2.21. The maximum atomic E-state index is 12.9. The number of aromatic nitrogens is 3. The Hall–Kier alpha value is -2.28. The van der Waals surface area contributed by atoms with Gasteiger partial charge in [0.1, 0.15) is 5.82 Å². The Labute approximate surface area is 123 Å². The summed E-state index contributed by atoms with van der Waals surface area (Å²) in [5, 5.41) is 3.83. The predicted molar refractivity (Wildman–Crippen MR) is 75.9 cm³/mol. The molecule has 1 aromatic carbocycles. The molecule has 0 fully saturated rings. The lowest BCUT2D eigenvalue weighted by atomic mass is 10.2. The van der Waals surface area contributed by atoms with Crippen LogP contribution in [0.25, 0.3) is 0 Å². The van der Waals surface area contributed by atoms with Crippen LogP contribution in [-0.2, 0) is 13.0 Å². The van der Waals surface area contributed by atoms with Crippen molar-refractivity contribution >= 4 is 11.3 Å². The fourth-order valence-corrected chi connectivity index (χ4v) is 2.76. The first-order chi connectivity index (χ1) is 10.1. The van der Waals surface area contributed by atoms with Crippen LogP contribution in [-0.4, -0.2) is 14.7 Å². The molecule has 0 aliphatic heterocycles. The third kappa shape index (κ3) is 2.92. The van der Waals surface area contributed by atoms with E-state index in [2.05, 4.69) is 10.1 Å². The third-order valence-electron chi connectivity index (χ3n) is 3.18. The van der Waals surface area contributed by atoms with Crippen LogP contribution in [0.1, 0.15) is 22.0 Å². The highest BCUT2D eigenvalue weighted by atomic mass is 32.1. The number of rotatable bonds is 4. The van der Waals surface area contributed by atoms with Crippen LogP contribution in [0.3, 0.4) is 0 Å². The molecular formula is C14H12FN3O2S. The Morgan fingerprint density at radius 3 is 2.76 bits per heavy atom. The van der Waals surface area contributed by atoms with Crippen LogP contribution in [0.4, 0.5) is 4.39 Å². The number of aryl methyl sites for hydroxylation is 1.